The lowest BCUT2D eigenvalue weighted by atomic mass is 9.74. The first-order valence-electron chi connectivity index (χ1n) is 12.4. The molecule has 1 aromatic carbocycles. The summed E-state index contributed by atoms with van der Waals surface area (Å²) in [5.41, 5.74) is -0.245. The van der Waals surface area contributed by atoms with Crippen molar-refractivity contribution in [2.24, 2.45) is 11.8 Å². The van der Waals surface area contributed by atoms with Gasteiger partial charge < -0.3 is 14.2 Å². The molecule has 1 spiro atoms. The number of hydrogen-bond acceptors (Lipinski definition) is 5. The second-order valence-electron chi connectivity index (χ2n) is 10.4. The fraction of sp³-hybridized carbons (Fsp3) is 0.680. The van der Waals surface area contributed by atoms with E-state index in [1.54, 1.807) is 11.8 Å². The smallest absolute Gasteiger partial charge is 0.416 e. The number of carbonyl (C=O) groups is 2. The highest BCUT2D eigenvalue weighted by Crippen LogP contribution is 2.46. The number of amides is 1. The van der Waals surface area contributed by atoms with Crippen LogP contribution in [0.4, 0.5) is 13.2 Å². The Kier molecular flexibility index (Phi) is 6.59. The van der Waals surface area contributed by atoms with Crippen molar-refractivity contribution in [3.63, 3.8) is 0 Å². The number of carbonyl (C=O) groups excluding carboxylic acids is 2. The molecule has 2 unspecified atom stereocenters. The monoisotopic (exact) mass is 512 g/mol. The molecular formula is C25H31F3N2O4S. The molecule has 0 radical (unpaired) electrons. The summed E-state index contributed by atoms with van der Waals surface area (Å²) in [6.45, 7) is 3.66. The van der Waals surface area contributed by atoms with Crippen LogP contribution in [0.1, 0.15) is 49.3 Å². The minimum absolute atomic E-state index is 0.108. The van der Waals surface area contributed by atoms with Gasteiger partial charge in [0.15, 0.2) is 0 Å². The predicted molar refractivity (Wildman–Crippen MR) is 124 cm³/mol. The summed E-state index contributed by atoms with van der Waals surface area (Å²) in [7, 11) is 0. The lowest BCUT2D eigenvalue weighted by Gasteiger charge is -2.45. The van der Waals surface area contributed by atoms with Gasteiger partial charge in [0, 0.05) is 57.9 Å². The molecule has 3 fully saturated rings. The molecule has 192 valence electrons. The van der Waals surface area contributed by atoms with E-state index in [1.165, 1.54) is 6.07 Å². The highest BCUT2D eigenvalue weighted by atomic mass is 32.2. The van der Waals surface area contributed by atoms with Crippen molar-refractivity contribution in [3.05, 3.63) is 34.9 Å². The Morgan fingerprint density at radius 2 is 1.83 bits per heavy atom. The number of halogens is 3. The van der Waals surface area contributed by atoms with Gasteiger partial charge in [-0.15, -0.1) is 0 Å². The Balaban J connectivity index is 1.31. The molecule has 0 bridgehead atoms. The maximum atomic E-state index is 13.8. The molecule has 35 heavy (non-hydrogen) atoms. The van der Waals surface area contributed by atoms with Crippen molar-refractivity contribution < 1.29 is 32.0 Å². The number of rotatable bonds is 2. The van der Waals surface area contributed by atoms with Crippen LogP contribution < -0.4 is 0 Å². The number of benzene rings is 1. The molecule has 6 nitrogen and oxygen atoms in total. The molecule has 0 saturated carbocycles. The molecule has 0 aromatic heterocycles. The SMILES string of the molecule is CC1C(=O)OC2(CCN(C3CC[S+]([O-])CC3)CC2)C1C(=O)N1CCc2ccc(C(F)(F)F)cc2C1. The molecule has 2 atom stereocenters. The van der Waals surface area contributed by atoms with Gasteiger partial charge in [0.1, 0.15) is 17.1 Å². The summed E-state index contributed by atoms with van der Waals surface area (Å²) < 4.78 is 57.3. The molecule has 1 aromatic rings. The number of hydrogen-bond donors (Lipinski definition) is 0. The fourth-order valence-corrected chi connectivity index (χ4v) is 7.61. The van der Waals surface area contributed by atoms with Crippen molar-refractivity contribution in [1.29, 1.82) is 0 Å². The van der Waals surface area contributed by atoms with Gasteiger partial charge in [0.2, 0.25) is 5.91 Å². The summed E-state index contributed by atoms with van der Waals surface area (Å²) in [6, 6.07) is 4.10. The van der Waals surface area contributed by atoms with Gasteiger partial charge in [0.25, 0.3) is 0 Å². The van der Waals surface area contributed by atoms with Gasteiger partial charge in [-0.3, -0.25) is 14.5 Å². The summed E-state index contributed by atoms with van der Waals surface area (Å²) in [4.78, 5) is 30.4. The Hall–Kier alpha value is -1.78. The van der Waals surface area contributed by atoms with Crippen LogP contribution in [0.15, 0.2) is 18.2 Å². The van der Waals surface area contributed by atoms with Crippen LogP contribution in [0.3, 0.4) is 0 Å². The van der Waals surface area contributed by atoms with E-state index < -0.39 is 40.4 Å². The number of alkyl halides is 3. The molecule has 5 rings (SSSR count). The van der Waals surface area contributed by atoms with Gasteiger partial charge in [0.05, 0.1) is 17.4 Å². The van der Waals surface area contributed by atoms with Gasteiger partial charge in [-0.2, -0.15) is 13.2 Å². The third kappa shape index (κ3) is 4.69. The van der Waals surface area contributed by atoms with E-state index in [9.17, 15) is 27.3 Å². The second kappa shape index (κ2) is 9.27. The van der Waals surface area contributed by atoms with Gasteiger partial charge in [-0.25, -0.2) is 0 Å². The highest BCUT2D eigenvalue weighted by Gasteiger charge is 2.59. The zero-order valence-electron chi connectivity index (χ0n) is 19.8. The van der Waals surface area contributed by atoms with Crippen LogP contribution in [0, 0.1) is 11.8 Å². The topological polar surface area (TPSA) is 72.9 Å². The average Bonchev–Trinajstić information content (AvgIpc) is 3.07. The van der Waals surface area contributed by atoms with Gasteiger partial charge >= 0.3 is 12.1 Å². The summed E-state index contributed by atoms with van der Waals surface area (Å²) in [6.07, 6.45) is -1.05. The number of esters is 1. The number of nitrogens with zero attached hydrogens (tertiary/aromatic N) is 2. The van der Waals surface area contributed by atoms with E-state index >= 15 is 0 Å². The third-order valence-electron chi connectivity index (χ3n) is 8.38. The molecule has 10 heteroatoms. The standard InChI is InChI=1S/C25H31F3N2O4S/c1-16-21(22(31)30-9-4-17-2-3-19(25(26,27)28)14-18(17)15-30)24(34-23(16)32)7-10-29(11-8-24)20-5-12-35(33)13-6-20/h2-3,14,16,20-21H,4-13,15H2,1H3. The van der Waals surface area contributed by atoms with E-state index in [0.717, 1.165) is 30.5 Å². The van der Waals surface area contributed by atoms with Crippen LogP contribution >= 0.6 is 0 Å². The first-order valence-corrected chi connectivity index (χ1v) is 13.9. The maximum Gasteiger partial charge on any atom is 0.416 e. The van der Waals surface area contributed by atoms with Gasteiger partial charge in [-0.1, -0.05) is 24.2 Å². The lowest BCUT2D eigenvalue weighted by Crippen LogP contribution is -2.56. The lowest BCUT2D eigenvalue weighted by molar-refractivity contribution is -0.158. The van der Waals surface area contributed by atoms with E-state index in [0.29, 0.717) is 62.0 Å². The molecule has 4 heterocycles. The van der Waals surface area contributed by atoms with Crippen molar-refractivity contribution in [2.75, 3.05) is 31.1 Å². The zero-order chi connectivity index (χ0) is 25.0. The molecule has 0 aliphatic carbocycles. The van der Waals surface area contributed by atoms with Crippen LogP contribution in [-0.2, 0) is 44.6 Å². The summed E-state index contributed by atoms with van der Waals surface area (Å²) in [5.74, 6) is -0.371. The van der Waals surface area contributed by atoms with E-state index in [2.05, 4.69) is 4.90 Å². The normalized spacial score (nSPS) is 31.3. The Labute approximate surface area is 206 Å². The Bertz CT molecular complexity index is 987. The third-order valence-corrected chi connectivity index (χ3v) is 9.77. The van der Waals surface area contributed by atoms with Crippen LogP contribution in [0.5, 0.6) is 0 Å². The number of fused-ring (bicyclic) bond motifs is 1. The van der Waals surface area contributed by atoms with Crippen molar-refractivity contribution in [3.8, 4) is 0 Å². The Morgan fingerprint density at radius 1 is 1.14 bits per heavy atom. The molecule has 4 aliphatic heterocycles. The van der Waals surface area contributed by atoms with E-state index in [-0.39, 0.29) is 18.4 Å². The summed E-state index contributed by atoms with van der Waals surface area (Å²) >= 11 is -0.729. The molecule has 0 N–H and O–H groups in total. The molecular weight excluding hydrogens is 481 g/mol. The first kappa shape index (κ1) is 24.9. The van der Waals surface area contributed by atoms with E-state index in [1.807, 2.05) is 0 Å². The average molecular weight is 513 g/mol. The molecule has 3 saturated heterocycles. The highest BCUT2D eigenvalue weighted by molar-refractivity contribution is 7.91. The molecule has 1 amide bonds. The minimum atomic E-state index is -4.44. The van der Waals surface area contributed by atoms with Crippen molar-refractivity contribution in [2.45, 2.75) is 63.4 Å². The quantitative estimate of drug-likeness (QED) is 0.450. The molecule has 4 aliphatic rings. The second-order valence-corrected chi connectivity index (χ2v) is 12.1. The van der Waals surface area contributed by atoms with Crippen molar-refractivity contribution in [1.82, 2.24) is 9.80 Å². The van der Waals surface area contributed by atoms with Crippen LogP contribution in [-0.4, -0.2) is 69.0 Å². The zero-order valence-corrected chi connectivity index (χ0v) is 20.6. The fourth-order valence-electron chi connectivity index (χ4n) is 6.33. The van der Waals surface area contributed by atoms with Crippen LogP contribution in [0.2, 0.25) is 0 Å². The predicted octanol–water partition coefficient (Wildman–Crippen LogP) is 3.14. The Morgan fingerprint density at radius 3 is 2.49 bits per heavy atom. The van der Waals surface area contributed by atoms with Crippen LogP contribution in [0.25, 0.3) is 0 Å². The van der Waals surface area contributed by atoms with Crippen molar-refractivity contribution >= 4 is 23.1 Å². The number of likely N-dealkylation sites (tertiary alicyclic amines) is 1. The number of ether oxygens (including phenoxy) is 1. The van der Waals surface area contributed by atoms with E-state index in [4.69, 9.17) is 4.74 Å². The van der Waals surface area contributed by atoms with Gasteiger partial charge in [-0.05, 0) is 29.7 Å². The minimum Gasteiger partial charge on any atom is -0.616 e. The summed E-state index contributed by atoms with van der Waals surface area (Å²) in [5, 5.41) is 0. The maximum absolute atomic E-state index is 13.8. The number of piperidine rings is 1. The largest absolute Gasteiger partial charge is 0.616 e. The first-order chi connectivity index (χ1) is 16.6.